The van der Waals surface area contributed by atoms with E-state index in [9.17, 15) is 14.7 Å². The molecule has 3 aromatic rings. The lowest BCUT2D eigenvalue weighted by Crippen LogP contribution is -2.29. The molecule has 1 heterocycles. The van der Waals surface area contributed by atoms with Crippen LogP contribution in [0.1, 0.15) is 35.2 Å². The molecule has 4 rings (SSSR count). The summed E-state index contributed by atoms with van der Waals surface area (Å²) in [5, 5.41) is 11.2. The molecule has 32 heavy (non-hydrogen) atoms. The fourth-order valence-electron chi connectivity index (χ4n) is 4.01. The monoisotopic (exact) mass is 427 g/mol. The summed E-state index contributed by atoms with van der Waals surface area (Å²) in [6, 6.07) is 21.2. The first kappa shape index (κ1) is 21.4. The summed E-state index contributed by atoms with van der Waals surface area (Å²) >= 11 is 0. The summed E-state index contributed by atoms with van der Waals surface area (Å²) < 4.78 is 5.60. The van der Waals surface area contributed by atoms with Crippen LogP contribution in [-0.4, -0.2) is 23.4 Å². The van der Waals surface area contributed by atoms with Crippen molar-refractivity contribution in [3.8, 4) is 5.75 Å². The lowest BCUT2D eigenvalue weighted by molar-refractivity contribution is -0.132. The Bertz CT molecular complexity index is 1210. The average molecular weight is 428 g/mol. The van der Waals surface area contributed by atoms with Gasteiger partial charge >= 0.3 is 0 Å². The number of carbonyl (C=O) groups excluding carboxylic acids is 2. The molecule has 1 aliphatic heterocycles. The molecule has 1 unspecified atom stereocenters. The Morgan fingerprint density at radius 1 is 0.938 bits per heavy atom. The van der Waals surface area contributed by atoms with Gasteiger partial charge in [-0.05, 0) is 38.5 Å². The molecule has 0 radical (unpaired) electrons. The topological polar surface area (TPSA) is 66.8 Å². The van der Waals surface area contributed by atoms with Crippen molar-refractivity contribution in [2.24, 2.45) is 0 Å². The quantitative estimate of drug-likeness (QED) is 0.340. The lowest BCUT2D eigenvalue weighted by atomic mass is 9.94. The smallest absolute Gasteiger partial charge is 0.300 e. The summed E-state index contributed by atoms with van der Waals surface area (Å²) in [5.41, 5.74) is 3.88. The molecule has 0 spiro atoms. The number of Topliss-reactive ketones (excluding diaryl/α,β-unsaturated/α-hetero) is 1. The summed E-state index contributed by atoms with van der Waals surface area (Å²) in [6.45, 7) is 6.26. The van der Waals surface area contributed by atoms with Crippen LogP contribution in [0, 0.1) is 13.8 Å². The highest BCUT2D eigenvalue weighted by atomic mass is 16.5. The van der Waals surface area contributed by atoms with Gasteiger partial charge in [0.05, 0.1) is 18.2 Å². The molecule has 0 bridgehead atoms. The standard InChI is InChI=1S/C27H25NO4/c1-4-32-22-10-6-9-21(16-22)28-24(20-8-5-7-18(3)15-20)23(26(30)27(28)31)25(29)19-13-11-17(2)12-14-19/h5-16,24,29H,4H2,1-3H3/b25-23+. The van der Waals surface area contributed by atoms with E-state index in [0.717, 1.165) is 16.7 Å². The van der Waals surface area contributed by atoms with Gasteiger partial charge in [0.1, 0.15) is 11.5 Å². The number of rotatable bonds is 5. The second kappa shape index (κ2) is 8.71. The fourth-order valence-corrected chi connectivity index (χ4v) is 4.01. The zero-order chi connectivity index (χ0) is 22.8. The van der Waals surface area contributed by atoms with E-state index in [-0.39, 0.29) is 11.3 Å². The minimum absolute atomic E-state index is 0.0752. The first-order chi connectivity index (χ1) is 15.4. The van der Waals surface area contributed by atoms with Crippen LogP contribution in [-0.2, 0) is 9.59 Å². The van der Waals surface area contributed by atoms with Crippen molar-refractivity contribution < 1.29 is 19.4 Å². The van der Waals surface area contributed by atoms with Crippen molar-refractivity contribution in [1.29, 1.82) is 0 Å². The molecule has 162 valence electrons. The Morgan fingerprint density at radius 2 is 1.66 bits per heavy atom. The summed E-state index contributed by atoms with van der Waals surface area (Å²) in [4.78, 5) is 27.9. The number of ether oxygens (including phenoxy) is 1. The molecular weight excluding hydrogens is 402 g/mol. The maximum absolute atomic E-state index is 13.2. The highest BCUT2D eigenvalue weighted by Gasteiger charge is 2.47. The molecule has 0 saturated carbocycles. The first-order valence-corrected chi connectivity index (χ1v) is 10.6. The van der Waals surface area contributed by atoms with Crippen molar-refractivity contribution in [2.45, 2.75) is 26.8 Å². The number of aliphatic hydroxyl groups excluding tert-OH is 1. The lowest BCUT2D eigenvalue weighted by Gasteiger charge is -2.26. The van der Waals surface area contributed by atoms with Crippen LogP contribution in [0.5, 0.6) is 5.75 Å². The zero-order valence-electron chi connectivity index (χ0n) is 18.3. The van der Waals surface area contributed by atoms with E-state index < -0.39 is 17.7 Å². The Kier molecular flexibility index (Phi) is 5.82. The van der Waals surface area contributed by atoms with Gasteiger partial charge in [-0.1, -0.05) is 65.7 Å². The zero-order valence-corrected chi connectivity index (χ0v) is 18.3. The summed E-state index contributed by atoms with van der Waals surface area (Å²) in [5.74, 6) is -0.970. The van der Waals surface area contributed by atoms with Crippen LogP contribution in [0.25, 0.3) is 5.76 Å². The minimum Gasteiger partial charge on any atom is -0.507 e. The maximum atomic E-state index is 13.2. The number of aliphatic hydroxyl groups is 1. The van der Waals surface area contributed by atoms with Crippen molar-refractivity contribution in [3.63, 3.8) is 0 Å². The van der Waals surface area contributed by atoms with Gasteiger partial charge in [-0.2, -0.15) is 0 Å². The molecule has 1 atom stereocenters. The van der Waals surface area contributed by atoms with Gasteiger partial charge < -0.3 is 9.84 Å². The number of hydrogen-bond donors (Lipinski definition) is 1. The van der Waals surface area contributed by atoms with E-state index in [1.54, 1.807) is 36.4 Å². The Morgan fingerprint density at radius 3 is 2.34 bits per heavy atom. The molecule has 5 nitrogen and oxygen atoms in total. The van der Waals surface area contributed by atoms with Crippen molar-refractivity contribution in [2.75, 3.05) is 11.5 Å². The number of benzene rings is 3. The molecule has 1 saturated heterocycles. The Hall–Kier alpha value is -3.86. The molecule has 3 aromatic carbocycles. The largest absolute Gasteiger partial charge is 0.507 e. The first-order valence-electron chi connectivity index (χ1n) is 10.6. The van der Waals surface area contributed by atoms with Gasteiger partial charge in [0.15, 0.2) is 0 Å². The predicted octanol–water partition coefficient (Wildman–Crippen LogP) is 5.33. The molecule has 0 aromatic heterocycles. The number of aryl methyl sites for hydroxylation is 2. The van der Waals surface area contributed by atoms with Crippen LogP contribution in [0.15, 0.2) is 78.4 Å². The number of amides is 1. The number of anilines is 1. The molecule has 1 fully saturated rings. The number of nitrogens with zero attached hydrogens (tertiary/aromatic N) is 1. The maximum Gasteiger partial charge on any atom is 0.300 e. The van der Waals surface area contributed by atoms with Crippen LogP contribution in [0.4, 0.5) is 5.69 Å². The molecule has 1 aliphatic rings. The van der Waals surface area contributed by atoms with Gasteiger partial charge in [0, 0.05) is 17.3 Å². The van der Waals surface area contributed by atoms with E-state index >= 15 is 0 Å². The van der Waals surface area contributed by atoms with Crippen LogP contribution in [0.2, 0.25) is 0 Å². The van der Waals surface area contributed by atoms with E-state index in [2.05, 4.69) is 0 Å². The Balaban J connectivity index is 1.93. The van der Waals surface area contributed by atoms with Gasteiger partial charge in [-0.25, -0.2) is 0 Å². The second-order valence-corrected chi connectivity index (χ2v) is 7.88. The van der Waals surface area contributed by atoms with Crippen LogP contribution >= 0.6 is 0 Å². The van der Waals surface area contributed by atoms with Gasteiger partial charge in [0.25, 0.3) is 11.7 Å². The molecular formula is C27H25NO4. The predicted molar refractivity (Wildman–Crippen MR) is 125 cm³/mol. The Labute approximate surface area is 187 Å². The van der Waals surface area contributed by atoms with E-state index in [4.69, 9.17) is 4.74 Å². The molecule has 1 amide bonds. The van der Waals surface area contributed by atoms with E-state index in [1.807, 2.05) is 57.2 Å². The normalized spacial score (nSPS) is 17.6. The van der Waals surface area contributed by atoms with Crippen LogP contribution in [0.3, 0.4) is 0 Å². The fraction of sp³-hybridized carbons (Fsp3) is 0.185. The van der Waals surface area contributed by atoms with E-state index in [0.29, 0.717) is 23.6 Å². The highest BCUT2D eigenvalue weighted by molar-refractivity contribution is 6.51. The van der Waals surface area contributed by atoms with Crippen molar-refractivity contribution >= 4 is 23.1 Å². The number of ketones is 1. The third kappa shape index (κ3) is 3.89. The summed E-state index contributed by atoms with van der Waals surface area (Å²) in [7, 11) is 0. The summed E-state index contributed by atoms with van der Waals surface area (Å²) in [6.07, 6.45) is 0. The highest BCUT2D eigenvalue weighted by Crippen LogP contribution is 2.42. The molecule has 0 aliphatic carbocycles. The van der Waals surface area contributed by atoms with Gasteiger partial charge in [0.2, 0.25) is 0 Å². The third-order valence-corrected chi connectivity index (χ3v) is 5.53. The average Bonchev–Trinajstić information content (AvgIpc) is 3.05. The number of hydrogen-bond acceptors (Lipinski definition) is 4. The minimum atomic E-state index is -0.756. The molecule has 1 N–H and O–H groups in total. The third-order valence-electron chi connectivity index (χ3n) is 5.53. The van der Waals surface area contributed by atoms with Crippen molar-refractivity contribution in [3.05, 3.63) is 101 Å². The van der Waals surface area contributed by atoms with Gasteiger partial charge in [-0.3, -0.25) is 14.5 Å². The van der Waals surface area contributed by atoms with E-state index in [1.165, 1.54) is 4.90 Å². The number of carbonyl (C=O) groups is 2. The second-order valence-electron chi connectivity index (χ2n) is 7.88. The molecule has 5 heteroatoms. The van der Waals surface area contributed by atoms with Crippen LogP contribution < -0.4 is 9.64 Å². The van der Waals surface area contributed by atoms with Crippen molar-refractivity contribution in [1.82, 2.24) is 0 Å². The van der Waals surface area contributed by atoms with Gasteiger partial charge in [-0.15, -0.1) is 0 Å². The SMILES string of the molecule is CCOc1cccc(N2C(=O)C(=O)/C(=C(/O)c3ccc(C)cc3)C2c2cccc(C)c2)c1.